The quantitative estimate of drug-likeness (QED) is 0.604. The Morgan fingerprint density at radius 1 is 1.25 bits per heavy atom. The van der Waals surface area contributed by atoms with Crippen molar-refractivity contribution in [3.63, 3.8) is 0 Å². The van der Waals surface area contributed by atoms with Gasteiger partial charge in [0.25, 0.3) is 0 Å². The Morgan fingerprint density at radius 3 is 2.30 bits per heavy atom. The summed E-state index contributed by atoms with van der Waals surface area (Å²) in [6.45, 7) is 1.26. The van der Waals surface area contributed by atoms with E-state index >= 15 is 0 Å². The molecule has 1 aromatic carbocycles. The minimum atomic E-state index is -1.14. The highest BCUT2D eigenvalue weighted by Crippen LogP contribution is 2.30. The molecule has 1 rings (SSSR count). The van der Waals surface area contributed by atoms with Crippen molar-refractivity contribution >= 4 is 34.6 Å². The molecule has 108 valence electrons. The van der Waals surface area contributed by atoms with E-state index in [0.29, 0.717) is 17.2 Å². The first-order valence-corrected chi connectivity index (χ1v) is 6.14. The van der Waals surface area contributed by atoms with Gasteiger partial charge in [-0.25, -0.2) is 0 Å². The normalized spacial score (nSPS) is 11.3. The Kier molecular flexibility index (Phi) is 5.45. The van der Waals surface area contributed by atoms with Crippen LogP contribution in [0.2, 0.25) is 0 Å². The van der Waals surface area contributed by atoms with Gasteiger partial charge in [-0.05, 0) is 19.1 Å². The van der Waals surface area contributed by atoms with E-state index in [4.69, 9.17) is 27.4 Å². The number of ketones is 1. The molecule has 1 atom stereocenters. The predicted octanol–water partition coefficient (Wildman–Crippen LogP) is 1.13. The molecule has 0 saturated heterocycles. The zero-order valence-electron chi connectivity index (χ0n) is 11.4. The molecule has 0 bridgehead atoms. The number of methoxy groups -OCH3 is 2. The molecule has 1 aromatic rings. The van der Waals surface area contributed by atoms with Crippen molar-refractivity contribution in [2.75, 3.05) is 19.5 Å². The third kappa shape index (κ3) is 3.67. The van der Waals surface area contributed by atoms with Gasteiger partial charge in [-0.15, -0.1) is 0 Å². The number of hydrogen-bond donors (Lipinski definition) is 2. The zero-order chi connectivity index (χ0) is 15.3. The molecule has 6 nitrogen and oxygen atoms in total. The van der Waals surface area contributed by atoms with Gasteiger partial charge in [0.2, 0.25) is 5.91 Å². The van der Waals surface area contributed by atoms with E-state index in [2.05, 4.69) is 5.32 Å². The summed E-state index contributed by atoms with van der Waals surface area (Å²) in [5, 5.41) is 2.80. The van der Waals surface area contributed by atoms with Crippen LogP contribution in [-0.2, 0) is 9.59 Å². The zero-order valence-corrected chi connectivity index (χ0v) is 12.2. The summed E-state index contributed by atoms with van der Waals surface area (Å²) >= 11 is 5.05. The van der Waals surface area contributed by atoms with Crippen LogP contribution in [0.1, 0.15) is 6.92 Å². The van der Waals surface area contributed by atoms with Crippen LogP contribution in [0.5, 0.6) is 11.5 Å². The number of hydrogen-bond acceptors (Lipinski definition) is 5. The Hall–Kier alpha value is -2.15. The average Bonchev–Trinajstić information content (AvgIpc) is 2.37. The van der Waals surface area contributed by atoms with Crippen molar-refractivity contribution in [2.45, 2.75) is 6.92 Å². The summed E-state index contributed by atoms with van der Waals surface area (Å²) < 4.78 is 10.3. The lowest BCUT2D eigenvalue weighted by Gasteiger charge is -2.15. The van der Waals surface area contributed by atoms with Gasteiger partial charge in [-0.2, -0.15) is 0 Å². The molecule has 1 unspecified atom stereocenters. The van der Waals surface area contributed by atoms with Crippen LogP contribution in [0.15, 0.2) is 18.2 Å². The second kappa shape index (κ2) is 6.85. The summed E-state index contributed by atoms with van der Waals surface area (Å²) in [6.07, 6.45) is 0. The smallest absolute Gasteiger partial charge is 0.234 e. The van der Waals surface area contributed by atoms with Crippen molar-refractivity contribution in [2.24, 2.45) is 11.7 Å². The average molecular weight is 296 g/mol. The van der Waals surface area contributed by atoms with Crippen LogP contribution in [0.25, 0.3) is 0 Å². The van der Waals surface area contributed by atoms with Crippen molar-refractivity contribution in [1.29, 1.82) is 0 Å². The molecule has 0 aromatic heterocycles. The lowest BCUT2D eigenvalue weighted by molar-refractivity contribution is -0.128. The minimum Gasteiger partial charge on any atom is -0.493 e. The van der Waals surface area contributed by atoms with E-state index in [1.54, 1.807) is 18.2 Å². The Morgan fingerprint density at radius 2 is 1.85 bits per heavy atom. The number of benzene rings is 1. The second-order valence-corrected chi connectivity index (χ2v) is 4.44. The van der Waals surface area contributed by atoms with Crippen LogP contribution < -0.4 is 20.5 Å². The van der Waals surface area contributed by atoms with Gasteiger partial charge in [-0.3, -0.25) is 9.59 Å². The maximum Gasteiger partial charge on any atom is 0.234 e. The highest BCUT2D eigenvalue weighted by molar-refractivity contribution is 7.80. The summed E-state index contributed by atoms with van der Waals surface area (Å²) in [4.78, 5) is 22.6. The number of Topliss-reactive ketones (excluding diaryl/α,β-unsaturated/α-hetero) is 1. The number of anilines is 1. The number of carbonyl (C=O) groups is 2. The van der Waals surface area contributed by atoms with Gasteiger partial charge in [-0.1, -0.05) is 12.2 Å². The Bertz CT molecular complexity index is 531. The molecule has 1 amide bonds. The van der Waals surface area contributed by atoms with Crippen LogP contribution >= 0.6 is 12.2 Å². The molecule has 0 aliphatic heterocycles. The van der Waals surface area contributed by atoms with Gasteiger partial charge >= 0.3 is 0 Å². The first kappa shape index (κ1) is 15.9. The highest BCUT2D eigenvalue weighted by Gasteiger charge is 2.25. The molecule has 20 heavy (non-hydrogen) atoms. The number of nitrogens with one attached hydrogen (secondary N) is 1. The maximum absolute atomic E-state index is 11.4. The summed E-state index contributed by atoms with van der Waals surface area (Å²) in [5.41, 5.74) is 5.73. The molecular formula is C13H16N2O4S. The molecular weight excluding hydrogens is 280 g/mol. The Labute approximate surface area is 122 Å². The predicted molar refractivity (Wildman–Crippen MR) is 79.1 cm³/mol. The molecule has 0 saturated carbocycles. The van der Waals surface area contributed by atoms with Gasteiger partial charge in [0.1, 0.15) is 11.7 Å². The monoisotopic (exact) mass is 296 g/mol. The van der Waals surface area contributed by atoms with Gasteiger partial charge in [0.05, 0.1) is 19.2 Å². The van der Waals surface area contributed by atoms with Crippen LogP contribution in [0.3, 0.4) is 0 Å². The van der Waals surface area contributed by atoms with E-state index < -0.39 is 17.6 Å². The third-order valence-corrected chi connectivity index (χ3v) is 2.94. The first-order valence-electron chi connectivity index (χ1n) is 5.73. The fourth-order valence-electron chi connectivity index (χ4n) is 1.64. The van der Waals surface area contributed by atoms with Gasteiger partial charge in [0, 0.05) is 11.8 Å². The highest BCUT2D eigenvalue weighted by atomic mass is 32.1. The third-order valence-electron chi connectivity index (χ3n) is 2.60. The summed E-state index contributed by atoms with van der Waals surface area (Å²) in [5.74, 6) is -1.27. The van der Waals surface area contributed by atoms with Crippen LogP contribution in [0, 0.1) is 5.92 Å². The maximum atomic E-state index is 11.4. The van der Waals surface area contributed by atoms with E-state index in [9.17, 15) is 9.59 Å². The van der Waals surface area contributed by atoms with E-state index in [-0.39, 0.29) is 4.99 Å². The number of amides is 1. The molecule has 0 spiro atoms. The largest absolute Gasteiger partial charge is 0.493 e. The Balaban J connectivity index is 2.95. The van der Waals surface area contributed by atoms with Crippen LogP contribution in [0.4, 0.5) is 5.69 Å². The number of primary amides is 1. The lowest BCUT2D eigenvalue weighted by Crippen LogP contribution is -2.37. The van der Waals surface area contributed by atoms with Crippen molar-refractivity contribution in [3.8, 4) is 11.5 Å². The van der Waals surface area contributed by atoms with E-state index in [1.807, 2.05) is 0 Å². The fourth-order valence-corrected chi connectivity index (χ4v) is 2.04. The molecule has 0 heterocycles. The van der Waals surface area contributed by atoms with Crippen molar-refractivity contribution < 1.29 is 19.1 Å². The van der Waals surface area contributed by atoms with Crippen molar-refractivity contribution in [1.82, 2.24) is 0 Å². The lowest BCUT2D eigenvalue weighted by atomic mass is 10.0. The number of nitrogens with two attached hydrogens (primary N) is 1. The number of carbonyl (C=O) groups excluding carboxylic acids is 2. The fraction of sp³-hybridized carbons (Fsp3) is 0.308. The van der Waals surface area contributed by atoms with E-state index in [0.717, 1.165) is 0 Å². The number of rotatable bonds is 6. The molecule has 0 radical (unpaired) electrons. The number of thiocarbonyl (C=S) groups is 1. The molecule has 0 aliphatic rings. The summed E-state index contributed by atoms with van der Waals surface area (Å²) in [6, 6.07) is 5.01. The SMILES string of the molecule is COc1ccc(NC(=S)C(C(C)=O)C(N)=O)cc1OC. The minimum absolute atomic E-state index is 0.0530. The van der Waals surface area contributed by atoms with Gasteiger partial charge in [0.15, 0.2) is 11.5 Å². The topological polar surface area (TPSA) is 90.6 Å². The van der Waals surface area contributed by atoms with E-state index in [1.165, 1.54) is 21.1 Å². The standard InChI is InChI=1S/C13H16N2O4S/c1-7(16)11(12(14)17)13(20)15-8-4-5-9(18-2)10(6-8)19-3/h4-6,11H,1-3H3,(H2,14,17)(H,15,20). The molecule has 0 aliphatic carbocycles. The summed E-state index contributed by atoms with van der Waals surface area (Å²) in [7, 11) is 3.02. The number of ether oxygens (including phenoxy) is 2. The van der Waals surface area contributed by atoms with Crippen molar-refractivity contribution in [3.05, 3.63) is 18.2 Å². The van der Waals surface area contributed by atoms with Crippen LogP contribution in [-0.4, -0.2) is 30.9 Å². The van der Waals surface area contributed by atoms with Gasteiger partial charge < -0.3 is 20.5 Å². The first-order chi connectivity index (χ1) is 9.40. The molecule has 3 N–H and O–H groups in total. The second-order valence-electron chi connectivity index (χ2n) is 4.01. The molecule has 0 fully saturated rings. The molecule has 7 heteroatoms.